The molecule has 33 heavy (non-hydrogen) atoms. The average molecular weight is 495 g/mol. The fourth-order valence-corrected chi connectivity index (χ4v) is 5.65. The molecule has 2 fully saturated rings. The topological polar surface area (TPSA) is 76.2 Å². The smallest absolute Gasteiger partial charge is 0.414 e. The van der Waals surface area contributed by atoms with Crippen LogP contribution in [-0.2, 0) is 19.0 Å². The highest BCUT2D eigenvalue weighted by atomic mass is 32.2. The van der Waals surface area contributed by atoms with E-state index in [0.717, 1.165) is 43.0 Å². The van der Waals surface area contributed by atoms with Crippen LogP contribution in [0.15, 0.2) is 47.4 Å². The molecular formula is C23H27FN2O5S2. The van der Waals surface area contributed by atoms with Gasteiger partial charge in [-0.3, -0.25) is 9.08 Å². The van der Waals surface area contributed by atoms with Crippen molar-refractivity contribution in [2.45, 2.75) is 30.8 Å². The Kier molecular flexibility index (Phi) is 7.45. The van der Waals surface area contributed by atoms with Crippen molar-refractivity contribution in [1.82, 2.24) is 0 Å². The summed E-state index contributed by atoms with van der Waals surface area (Å²) in [5, 5.41) is 0. The van der Waals surface area contributed by atoms with Crippen LogP contribution >= 0.6 is 11.8 Å². The van der Waals surface area contributed by atoms with Crippen molar-refractivity contribution in [3.63, 3.8) is 0 Å². The number of carbonyl (C=O) groups is 1. The number of cyclic esters (lactones) is 1. The molecule has 0 bridgehead atoms. The SMILES string of the molecule is Cc1ccc(S(=O)(=O)OCC2CN(c3ccc(N4CCCSCCC4)c(F)c3)C(=O)O2)cc1. The summed E-state index contributed by atoms with van der Waals surface area (Å²) in [6.45, 7) is 3.20. The van der Waals surface area contributed by atoms with E-state index in [4.69, 9.17) is 8.92 Å². The van der Waals surface area contributed by atoms with Crippen LogP contribution in [0.5, 0.6) is 0 Å². The first-order valence-electron chi connectivity index (χ1n) is 10.9. The quantitative estimate of drug-likeness (QED) is 0.557. The third-order valence-corrected chi connectivity index (χ3v) is 8.06. The minimum absolute atomic E-state index is 0.0368. The van der Waals surface area contributed by atoms with E-state index in [-0.39, 0.29) is 18.0 Å². The van der Waals surface area contributed by atoms with Crippen molar-refractivity contribution in [3.05, 3.63) is 53.8 Å². The minimum Gasteiger partial charge on any atom is -0.441 e. The number of carbonyl (C=O) groups excluding carboxylic acids is 1. The van der Waals surface area contributed by atoms with E-state index in [1.165, 1.54) is 23.1 Å². The zero-order valence-electron chi connectivity index (χ0n) is 18.4. The second-order valence-corrected chi connectivity index (χ2v) is 11.0. The summed E-state index contributed by atoms with van der Waals surface area (Å²) in [5.41, 5.74) is 1.83. The van der Waals surface area contributed by atoms with E-state index < -0.39 is 28.1 Å². The number of halogens is 1. The number of rotatable bonds is 6. The summed E-state index contributed by atoms with van der Waals surface area (Å²) < 4.78 is 50.1. The number of aryl methyl sites for hydroxylation is 1. The molecule has 10 heteroatoms. The molecule has 2 heterocycles. The standard InChI is InChI=1S/C23H27FN2O5S2/c1-17-4-7-20(8-5-17)33(28,29)30-16-19-15-26(23(27)31-19)18-6-9-22(21(24)14-18)25-10-2-12-32-13-3-11-25/h4-9,14,19H,2-3,10-13,15-16H2,1H3. The molecule has 0 radical (unpaired) electrons. The van der Waals surface area contributed by atoms with Crippen LogP contribution in [0.1, 0.15) is 18.4 Å². The van der Waals surface area contributed by atoms with Crippen LogP contribution in [0.25, 0.3) is 0 Å². The van der Waals surface area contributed by atoms with Gasteiger partial charge in [0.1, 0.15) is 18.5 Å². The highest BCUT2D eigenvalue weighted by molar-refractivity contribution is 7.99. The molecule has 1 amide bonds. The number of amides is 1. The molecule has 2 saturated heterocycles. The Bertz CT molecular complexity index is 1090. The molecule has 7 nitrogen and oxygen atoms in total. The zero-order chi connectivity index (χ0) is 23.4. The van der Waals surface area contributed by atoms with E-state index >= 15 is 0 Å². The molecule has 0 saturated carbocycles. The van der Waals surface area contributed by atoms with Crippen molar-refractivity contribution in [3.8, 4) is 0 Å². The summed E-state index contributed by atoms with van der Waals surface area (Å²) in [7, 11) is -3.97. The Morgan fingerprint density at radius 1 is 1.12 bits per heavy atom. The van der Waals surface area contributed by atoms with Gasteiger partial charge in [-0.05, 0) is 61.6 Å². The molecule has 0 aliphatic carbocycles. The molecule has 4 rings (SSSR count). The van der Waals surface area contributed by atoms with Crippen molar-refractivity contribution < 1.29 is 26.5 Å². The Hall–Kier alpha value is -2.30. The molecule has 2 aromatic rings. The van der Waals surface area contributed by atoms with Gasteiger partial charge in [0, 0.05) is 13.1 Å². The van der Waals surface area contributed by atoms with Crippen LogP contribution in [0.2, 0.25) is 0 Å². The Labute approximate surface area is 198 Å². The van der Waals surface area contributed by atoms with Gasteiger partial charge in [0.2, 0.25) is 0 Å². The maximum Gasteiger partial charge on any atom is 0.414 e. The minimum atomic E-state index is -3.97. The van der Waals surface area contributed by atoms with Gasteiger partial charge in [-0.1, -0.05) is 17.7 Å². The predicted molar refractivity (Wildman–Crippen MR) is 127 cm³/mol. The van der Waals surface area contributed by atoms with E-state index in [2.05, 4.69) is 0 Å². The summed E-state index contributed by atoms with van der Waals surface area (Å²) in [6.07, 6.45) is 0.550. The van der Waals surface area contributed by atoms with Crippen LogP contribution in [0, 0.1) is 12.7 Å². The molecule has 2 aliphatic heterocycles. The maximum absolute atomic E-state index is 14.9. The molecular weight excluding hydrogens is 467 g/mol. The van der Waals surface area contributed by atoms with Gasteiger partial charge in [-0.2, -0.15) is 20.2 Å². The zero-order valence-corrected chi connectivity index (χ0v) is 20.0. The van der Waals surface area contributed by atoms with Crippen LogP contribution in [0.4, 0.5) is 20.6 Å². The maximum atomic E-state index is 14.9. The Morgan fingerprint density at radius 3 is 2.48 bits per heavy atom. The first-order chi connectivity index (χ1) is 15.8. The lowest BCUT2D eigenvalue weighted by atomic mass is 10.2. The van der Waals surface area contributed by atoms with E-state index in [0.29, 0.717) is 11.4 Å². The fraction of sp³-hybridized carbons (Fsp3) is 0.435. The molecule has 1 atom stereocenters. The van der Waals surface area contributed by atoms with Crippen molar-refractivity contribution in [1.29, 1.82) is 0 Å². The molecule has 1 unspecified atom stereocenters. The van der Waals surface area contributed by atoms with E-state index in [9.17, 15) is 17.6 Å². The van der Waals surface area contributed by atoms with Crippen LogP contribution in [-0.4, -0.2) is 58.4 Å². The largest absolute Gasteiger partial charge is 0.441 e. The molecule has 0 spiro atoms. The molecule has 178 valence electrons. The predicted octanol–water partition coefficient (Wildman–Crippen LogP) is 4.20. The number of hydrogen-bond donors (Lipinski definition) is 0. The summed E-state index contributed by atoms with van der Waals surface area (Å²) in [6, 6.07) is 11.0. The third-order valence-electron chi connectivity index (χ3n) is 5.61. The summed E-state index contributed by atoms with van der Waals surface area (Å²) in [4.78, 5) is 15.7. The van der Waals surface area contributed by atoms with Gasteiger partial charge in [0.05, 0.1) is 22.8 Å². The van der Waals surface area contributed by atoms with E-state index in [1.807, 2.05) is 23.6 Å². The number of anilines is 2. The van der Waals surface area contributed by atoms with Crippen LogP contribution < -0.4 is 9.80 Å². The van der Waals surface area contributed by atoms with Gasteiger partial charge >= 0.3 is 6.09 Å². The van der Waals surface area contributed by atoms with Crippen LogP contribution in [0.3, 0.4) is 0 Å². The van der Waals surface area contributed by atoms with Crippen molar-refractivity contribution in [2.24, 2.45) is 0 Å². The molecule has 2 aromatic carbocycles. The van der Waals surface area contributed by atoms with Crippen molar-refractivity contribution >= 4 is 39.3 Å². The Morgan fingerprint density at radius 2 is 1.82 bits per heavy atom. The number of nitrogens with zero attached hydrogens (tertiary/aromatic N) is 2. The number of thioether (sulfide) groups is 1. The summed E-state index contributed by atoms with van der Waals surface area (Å²) in [5.74, 6) is 1.74. The lowest BCUT2D eigenvalue weighted by Crippen LogP contribution is -2.29. The number of benzene rings is 2. The molecule has 0 aromatic heterocycles. The third kappa shape index (κ3) is 5.80. The van der Waals surface area contributed by atoms with Gasteiger partial charge in [0.15, 0.2) is 0 Å². The number of ether oxygens (including phenoxy) is 1. The number of hydrogen-bond acceptors (Lipinski definition) is 7. The van der Waals surface area contributed by atoms with E-state index in [1.54, 1.807) is 24.3 Å². The van der Waals surface area contributed by atoms with Gasteiger partial charge in [-0.15, -0.1) is 0 Å². The van der Waals surface area contributed by atoms with Gasteiger partial charge in [0.25, 0.3) is 10.1 Å². The Balaban J connectivity index is 1.39. The average Bonchev–Trinajstić information content (AvgIpc) is 3.14. The monoisotopic (exact) mass is 494 g/mol. The molecule has 0 N–H and O–H groups in total. The summed E-state index contributed by atoms with van der Waals surface area (Å²) >= 11 is 1.93. The van der Waals surface area contributed by atoms with Gasteiger partial charge < -0.3 is 9.64 Å². The molecule has 2 aliphatic rings. The first kappa shape index (κ1) is 23.8. The first-order valence-corrected chi connectivity index (χ1v) is 13.5. The second-order valence-electron chi connectivity index (χ2n) is 8.11. The fourth-order valence-electron chi connectivity index (χ4n) is 3.85. The van der Waals surface area contributed by atoms with Crippen molar-refractivity contribution in [2.75, 3.05) is 47.5 Å². The highest BCUT2D eigenvalue weighted by Gasteiger charge is 2.34. The normalized spacial score (nSPS) is 19.8. The lowest BCUT2D eigenvalue weighted by molar-refractivity contribution is 0.107. The van der Waals surface area contributed by atoms with Gasteiger partial charge in [-0.25, -0.2) is 9.18 Å². The lowest BCUT2D eigenvalue weighted by Gasteiger charge is -2.27. The second kappa shape index (κ2) is 10.3. The highest BCUT2D eigenvalue weighted by Crippen LogP contribution is 2.29.